The van der Waals surface area contributed by atoms with Gasteiger partial charge in [0.15, 0.2) is 0 Å². The van der Waals surface area contributed by atoms with Crippen LogP contribution in [0.4, 0.5) is 0 Å². The maximum atomic E-state index is 12.1. The minimum absolute atomic E-state index is 0. The number of hydrogen-bond acceptors (Lipinski definition) is 4. The molecule has 1 aromatic carbocycles. The average molecular weight is 340 g/mol. The molecule has 0 bridgehead atoms. The summed E-state index contributed by atoms with van der Waals surface area (Å²) in [5, 5.41) is 1.17. The molecule has 1 N–H and O–H groups in total. The molecule has 0 saturated carbocycles. The van der Waals surface area contributed by atoms with Crippen LogP contribution in [0.5, 0.6) is 0 Å². The van der Waals surface area contributed by atoms with E-state index in [9.17, 15) is 4.79 Å². The summed E-state index contributed by atoms with van der Waals surface area (Å²) in [6.45, 7) is 1.16. The van der Waals surface area contributed by atoms with E-state index in [1.54, 1.807) is 0 Å². The lowest BCUT2D eigenvalue weighted by Crippen LogP contribution is -3.00. The third-order valence-corrected chi connectivity index (χ3v) is 4.73. The molecule has 4 nitrogen and oxygen atoms in total. The molecule has 1 aromatic heterocycles. The summed E-state index contributed by atoms with van der Waals surface area (Å²) in [4.78, 5) is 17.6. The molecular weight excluding hydrogens is 320 g/mol. The maximum Gasteiger partial charge on any atom is 0.338 e. The van der Waals surface area contributed by atoms with Crippen LogP contribution in [-0.4, -0.2) is 48.9 Å². The molecule has 0 spiro atoms. The number of benzene rings is 1. The van der Waals surface area contributed by atoms with Gasteiger partial charge in [-0.1, -0.05) is 0 Å². The van der Waals surface area contributed by atoms with Crippen LogP contribution < -0.4 is 12.4 Å². The summed E-state index contributed by atoms with van der Waals surface area (Å²) in [6, 6.07) is 5.80. The Balaban J connectivity index is 0.00000176. The van der Waals surface area contributed by atoms with Crippen LogP contribution in [0.2, 0.25) is 0 Å². The molecular formula is C16H20ClN2O2S-. The molecule has 3 rings (SSSR count). The second-order valence-electron chi connectivity index (χ2n) is 5.58. The Morgan fingerprint density at radius 3 is 3.00 bits per heavy atom. The predicted octanol–water partition coefficient (Wildman–Crippen LogP) is -0.320. The van der Waals surface area contributed by atoms with Gasteiger partial charge in [0.2, 0.25) is 0 Å². The summed E-state index contributed by atoms with van der Waals surface area (Å²) in [5.74, 6) is 1.95. The van der Waals surface area contributed by atoms with Gasteiger partial charge in [0, 0.05) is 28.9 Å². The number of rotatable bonds is 4. The zero-order valence-electron chi connectivity index (χ0n) is 12.8. The van der Waals surface area contributed by atoms with Gasteiger partial charge in [-0.25, -0.2) is 4.79 Å². The van der Waals surface area contributed by atoms with Crippen molar-refractivity contribution in [2.24, 2.45) is 0 Å². The summed E-state index contributed by atoms with van der Waals surface area (Å²) in [7, 11) is 3.92. The first-order valence-electron chi connectivity index (χ1n) is 7.18. The van der Waals surface area contributed by atoms with Crippen molar-refractivity contribution in [3.8, 4) is 0 Å². The third kappa shape index (κ3) is 3.59. The molecule has 0 atom stereocenters. The van der Waals surface area contributed by atoms with E-state index in [0.29, 0.717) is 12.2 Å². The Labute approximate surface area is 141 Å². The summed E-state index contributed by atoms with van der Waals surface area (Å²) in [5.41, 5.74) is 4.43. The molecule has 0 radical (unpaired) electrons. The van der Waals surface area contributed by atoms with Crippen molar-refractivity contribution in [2.75, 3.05) is 33.0 Å². The molecule has 0 amide bonds. The zero-order valence-corrected chi connectivity index (χ0v) is 14.4. The summed E-state index contributed by atoms with van der Waals surface area (Å²) >= 11 is 1.95. The van der Waals surface area contributed by atoms with E-state index in [2.05, 4.69) is 4.98 Å². The molecule has 0 fully saturated rings. The van der Waals surface area contributed by atoms with Crippen molar-refractivity contribution in [3.05, 3.63) is 35.0 Å². The minimum atomic E-state index is -0.239. The second kappa shape index (κ2) is 7.40. The van der Waals surface area contributed by atoms with Crippen LogP contribution in [0.15, 0.2) is 18.2 Å². The van der Waals surface area contributed by atoms with Crippen molar-refractivity contribution < 1.29 is 21.9 Å². The Morgan fingerprint density at radius 2 is 2.23 bits per heavy atom. The molecule has 1 aliphatic heterocycles. The smallest absolute Gasteiger partial charge is 0.338 e. The Kier molecular flexibility index (Phi) is 5.78. The number of likely N-dealkylation sites (N-methyl/N-ethyl adjacent to an activating group) is 1. The number of H-pyrrole nitrogens is 1. The van der Waals surface area contributed by atoms with Gasteiger partial charge < -0.3 is 27.0 Å². The van der Waals surface area contributed by atoms with Crippen molar-refractivity contribution in [3.63, 3.8) is 0 Å². The number of halogens is 1. The van der Waals surface area contributed by atoms with Gasteiger partial charge in [-0.3, -0.25) is 0 Å². The molecule has 1 aliphatic rings. The van der Waals surface area contributed by atoms with Gasteiger partial charge in [0.25, 0.3) is 0 Å². The Hall–Kier alpha value is -1.17. The third-order valence-electron chi connectivity index (χ3n) is 3.74. The number of hydrogen-bond donors (Lipinski definition) is 1. The predicted molar refractivity (Wildman–Crippen MR) is 87.0 cm³/mol. The fourth-order valence-electron chi connectivity index (χ4n) is 2.56. The lowest BCUT2D eigenvalue weighted by atomic mass is 10.1. The molecule has 0 aliphatic carbocycles. The highest BCUT2D eigenvalue weighted by Crippen LogP contribution is 2.31. The number of aromatic amines is 1. The van der Waals surface area contributed by atoms with E-state index in [0.717, 1.165) is 24.2 Å². The fourth-order valence-corrected chi connectivity index (χ4v) is 3.59. The molecule has 2 aromatic rings. The van der Waals surface area contributed by atoms with E-state index in [1.165, 1.54) is 22.4 Å². The van der Waals surface area contributed by atoms with E-state index in [4.69, 9.17) is 4.74 Å². The Morgan fingerprint density at radius 1 is 1.41 bits per heavy atom. The van der Waals surface area contributed by atoms with Gasteiger partial charge in [0.05, 0.1) is 5.56 Å². The number of aromatic nitrogens is 1. The first-order chi connectivity index (χ1) is 10.1. The number of carbonyl (C=O) groups is 1. The van der Waals surface area contributed by atoms with Gasteiger partial charge >= 0.3 is 5.97 Å². The van der Waals surface area contributed by atoms with E-state index < -0.39 is 0 Å². The highest BCUT2D eigenvalue weighted by atomic mass is 35.5. The van der Waals surface area contributed by atoms with Crippen LogP contribution >= 0.6 is 11.8 Å². The number of fused-ring (bicyclic) bond motifs is 3. The van der Waals surface area contributed by atoms with E-state index in [-0.39, 0.29) is 18.4 Å². The van der Waals surface area contributed by atoms with Gasteiger partial charge in [0.1, 0.15) is 6.61 Å². The van der Waals surface area contributed by atoms with Crippen molar-refractivity contribution in [1.82, 2.24) is 9.88 Å². The van der Waals surface area contributed by atoms with Gasteiger partial charge in [-0.15, -0.1) is 0 Å². The second-order valence-corrected chi connectivity index (χ2v) is 6.69. The largest absolute Gasteiger partial charge is 1.00 e. The van der Waals surface area contributed by atoms with Crippen LogP contribution in [-0.2, 0) is 16.9 Å². The molecule has 0 saturated heterocycles. The van der Waals surface area contributed by atoms with Crippen molar-refractivity contribution in [2.45, 2.75) is 12.2 Å². The molecule has 22 heavy (non-hydrogen) atoms. The van der Waals surface area contributed by atoms with Gasteiger partial charge in [-0.05, 0) is 50.0 Å². The first kappa shape index (κ1) is 17.2. The number of nitrogens with one attached hydrogen (secondary N) is 1. The lowest BCUT2D eigenvalue weighted by Gasteiger charge is -2.11. The number of ether oxygens (including phenoxy) is 1. The van der Waals surface area contributed by atoms with Crippen LogP contribution in [0.25, 0.3) is 10.9 Å². The maximum absolute atomic E-state index is 12.1. The topological polar surface area (TPSA) is 45.3 Å². The monoisotopic (exact) mass is 339 g/mol. The number of aryl methyl sites for hydroxylation is 1. The van der Waals surface area contributed by atoms with Crippen molar-refractivity contribution in [1.29, 1.82) is 0 Å². The standard InChI is InChI=1S/C16H20N2O2S.ClH/c1-18(2)6-7-20-16(19)11-3-4-14-12(9-11)13-10-21-8-5-15(13)17-14;/h3-4,9,17H,5-8,10H2,1-2H3;1H/p-1. The quantitative estimate of drug-likeness (QED) is 0.776. The van der Waals surface area contributed by atoms with Gasteiger partial charge in [-0.2, -0.15) is 11.8 Å². The first-order valence-corrected chi connectivity index (χ1v) is 8.33. The molecule has 6 heteroatoms. The summed E-state index contributed by atoms with van der Waals surface area (Å²) in [6.07, 6.45) is 1.08. The highest BCUT2D eigenvalue weighted by Gasteiger charge is 2.17. The number of carbonyl (C=O) groups excluding carboxylic acids is 1. The molecule has 0 unspecified atom stereocenters. The number of thioether (sulfide) groups is 1. The SMILES string of the molecule is CN(C)CCOC(=O)c1ccc2[nH]c3c(c2c1)CSCC3.[Cl-]. The lowest BCUT2D eigenvalue weighted by molar-refractivity contribution is -0.0000235. The van der Waals surface area contributed by atoms with Crippen LogP contribution in [0.3, 0.4) is 0 Å². The normalized spacial score (nSPS) is 13.8. The van der Waals surface area contributed by atoms with E-state index in [1.807, 2.05) is 49.0 Å². The molecule has 2 heterocycles. The van der Waals surface area contributed by atoms with E-state index >= 15 is 0 Å². The molecule has 120 valence electrons. The minimum Gasteiger partial charge on any atom is -1.00 e. The zero-order chi connectivity index (χ0) is 14.8. The van der Waals surface area contributed by atoms with Crippen LogP contribution in [0.1, 0.15) is 21.6 Å². The number of esters is 1. The average Bonchev–Trinajstić information content (AvgIpc) is 2.84. The highest BCUT2D eigenvalue weighted by molar-refractivity contribution is 7.98. The fraction of sp³-hybridized carbons (Fsp3) is 0.438. The van der Waals surface area contributed by atoms with Crippen molar-refractivity contribution >= 4 is 28.6 Å². The summed E-state index contributed by atoms with van der Waals surface area (Å²) < 4.78 is 5.31. The Bertz CT molecular complexity index is 669. The number of nitrogens with zero attached hydrogens (tertiary/aromatic N) is 1. The van der Waals surface area contributed by atoms with Crippen LogP contribution in [0, 0.1) is 0 Å².